The average molecular weight is 323 g/mol. The Morgan fingerprint density at radius 1 is 1.21 bits per heavy atom. The molecule has 0 bridgehead atoms. The maximum Gasteiger partial charge on any atom is 0.251 e. The minimum absolute atomic E-state index is 0.177. The van der Waals surface area contributed by atoms with Crippen molar-refractivity contribution in [2.24, 2.45) is 0 Å². The maximum atomic E-state index is 12.1. The van der Waals surface area contributed by atoms with E-state index in [-0.39, 0.29) is 12.5 Å². The Morgan fingerprint density at radius 3 is 2.79 bits per heavy atom. The largest absolute Gasteiger partial charge is 0.390 e. The van der Waals surface area contributed by atoms with Crippen LogP contribution in [-0.4, -0.2) is 41.7 Å². The van der Waals surface area contributed by atoms with Crippen molar-refractivity contribution in [2.75, 3.05) is 19.6 Å². The Labute approximate surface area is 143 Å². The molecular weight excluding hydrogens is 300 g/mol. The molecule has 1 heterocycles. The predicted molar refractivity (Wildman–Crippen MR) is 94.7 cm³/mol. The second kappa shape index (κ2) is 7.60. The van der Waals surface area contributed by atoms with Crippen molar-refractivity contribution in [1.29, 1.82) is 0 Å². The van der Waals surface area contributed by atoms with Crippen LogP contribution in [0.1, 0.15) is 27.0 Å². The molecule has 3 rings (SSSR count). The highest BCUT2D eigenvalue weighted by Crippen LogP contribution is 2.18. The van der Waals surface area contributed by atoms with Crippen LogP contribution in [0.2, 0.25) is 0 Å². The van der Waals surface area contributed by atoms with Crippen molar-refractivity contribution >= 4 is 5.91 Å². The number of amides is 1. The van der Waals surface area contributed by atoms with Gasteiger partial charge in [-0.05, 0) is 42.2 Å². The molecule has 1 atom stereocenters. The van der Waals surface area contributed by atoms with E-state index in [9.17, 15) is 9.90 Å². The first-order chi connectivity index (χ1) is 11.6. The van der Waals surface area contributed by atoms with Gasteiger partial charge < -0.3 is 10.4 Å². The fourth-order valence-electron chi connectivity index (χ4n) is 3.10. The summed E-state index contributed by atoms with van der Waals surface area (Å²) in [4.78, 5) is 14.3. The lowest BCUT2D eigenvalue weighted by Crippen LogP contribution is -2.42. The monoisotopic (exact) mass is 323 g/mol. The fourth-order valence-corrected chi connectivity index (χ4v) is 3.10. The van der Waals surface area contributed by atoms with Crippen LogP contribution >= 0.6 is 0 Å². The number of hydrogen-bond donors (Lipinski definition) is 2. The third-order valence-corrected chi connectivity index (χ3v) is 4.37. The van der Waals surface area contributed by atoms with Crippen molar-refractivity contribution in [2.45, 2.75) is 19.1 Å². The average Bonchev–Trinajstić information content (AvgIpc) is 2.59. The lowest BCUT2D eigenvalue weighted by molar-refractivity contribution is 0.0842. The molecule has 0 spiro atoms. The number of aliphatic hydroxyl groups is 1. The van der Waals surface area contributed by atoms with E-state index in [1.165, 1.54) is 11.1 Å². The number of nitrogens with zero attached hydrogens (tertiary/aromatic N) is 1. The summed E-state index contributed by atoms with van der Waals surface area (Å²) in [5, 5.41) is 13.0. The molecule has 2 N–H and O–H groups in total. The minimum atomic E-state index is -0.581. The van der Waals surface area contributed by atoms with Crippen LogP contribution in [0.4, 0.5) is 0 Å². The number of aliphatic hydroxyl groups excluding tert-OH is 1. The van der Waals surface area contributed by atoms with Gasteiger partial charge in [0.05, 0.1) is 6.10 Å². The van der Waals surface area contributed by atoms with Crippen molar-refractivity contribution < 1.29 is 9.90 Å². The molecule has 1 unspecified atom stereocenters. The molecule has 0 saturated heterocycles. The van der Waals surface area contributed by atoms with Crippen molar-refractivity contribution in [3.63, 3.8) is 0 Å². The fraction of sp³-hybridized carbons (Fsp3) is 0.300. The molecular formula is C20H23N2O2. The van der Waals surface area contributed by atoms with E-state index in [0.717, 1.165) is 25.1 Å². The Balaban J connectivity index is 1.48. The summed E-state index contributed by atoms with van der Waals surface area (Å²) >= 11 is 0. The number of benzene rings is 2. The quantitative estimate of drug-likeness (QED) is 0.885. The van der Waals surface area contributed by atoms with Crippen LogP contribution in [-0.2, 0) is 13.0 Å². The normalized spacial score (nSPS) is 15.6. The molecule has 24 heavy (non-hydrogen) atoms. The number of fused-ring (bicyclic) bond motifs is 1. The second-order valence-corrected chi connectivity index (χ2v) is 6.32. The summed E-state index contributed by atoms with van der Waals surface area (Å²) in [6.07, 6.45) is 0.424. The molecule has 1 amide bonds. The lowest BCUT2D eigenvalue weighted by Gasteiger charge is -2.30. The molecule has 125 valence electrons. The Hall–Kier alpha value is -2.17. The smallest absolute Gasteiger partial charge is 0.251 e. The predicted octanol–water partition coefficient (Wildman–Crippen LogP) is 2.02. The molecule has 0 aromatic heterocycles. The van der Waals surface area contributed by atoms with E-state index in [0.29, 0.717) is 12.1 Å². The van der Waals surface area contributed by atoms with Gasteiger partial charge in [-0.15, -0.1) is 0 Å². The van der Waals surface area contributed by atoms with Crippen LogP contribution in [0.3, 0.4) is 0 Å². The van der Waals surface area contributed by atoms with Crippen molar-refractivity contribution in [1.82, 2.24) is 10.2 Å². The molecule has 1 radical (unpaired) electrons. The zero-order chi connectivity index (χ0) is 16.9. The maximum absolute atomic E-state index is 12.1. The van der Waals surface area contributed by atoms with Gasteiger partial charge in [0, 0.05) is 31.7 Å². The second-order valence-electron chi connectivity index (χ2n) is 6.32. The topological polar surface area (TPSA) is 52.6 Å². The minimum Gasteiger partial charge on any atom is -0.390 e. The van der Waals surface area contributed by atoms with Gasteiger partial charge in [-0.25, -0.2) is 0 Å². The SMILES string of the molecule is [CH2]c1cccc(C(=O)NCC(O)CN2CCc3ccccc3C2)c1. The summed E-state index contributed by atoms with van der Waals surface area (Å²) in [6, 6.07) is 15.6. The van der Waals surface area contributed by atoms with E-state index < -0.39 is 6.10 Å². The van der Waals surface area contributed by atoms with Gasteiger partial charge in [0.25, 0.3) is 5.91 Å². The van der Waals surface area contributed by atoms with E-state index >= 15 is 0 Å². The van der Waals surface area contributed by atoms with Crippen molar-refractivity contribution in [3.05, 3.63) is 77.7 Å². The van der Waals surface area contributed by atoms with Crippen molar-refractivity contribution in [3.8, 4) is 0 Å². The van der Waals surface area contributed by atoms with Crippen LogP contribution < -0.4 is 5.32 Å². The first-order valence-corrected chi connectivity index (χ1v) is 8.29. The molecule has 1 aliphatic rings. The standard InChI is InChI=1S/C20H23N2O2/c1-15-5-4-8-17(11-15)20(24)21-12-19(23)14-22-10-9-16-6-2-3-7-18(16)13-22/h2-8,11,19,23H,1,9-10,12-14H2,(H,21,24). The van der Waals surface area contributed by atoms with Crippen LogP contribution in [0.15, 0.2) is 48.5 Å². The lowest BCUT2D eigenvalue weighted by atomic mass is 10.00. The van der Waals surface area contributed by atoms with Gasteiger partial charge in [0.15, 0.2) is 0 Å². The van der Waals surface area contributed by atoms with E-state index in [2.05, 4.69) is 41.4 Å². The summed E-state index contributed by atoms with van der Waals surface area (Å²) in [5.74, 6) is -0.177. The highest BCUT2D eigenvalue weighted by molar-refractivity contribution is 5.94. The Bertz CT molecular complexity index is 714. The number of hydrogen-bond acceptors (Lipinski definition) is 3. The Morgan fingerprint density at radius 2 is 2.00 bits per heavy atom. The molecule has 2 aromatic carbocycles. The van der Waals surface area contributed by atoms with E-state index in [4.69, 9.17) is 0 Å². The first kappa shape index (κ1) is 16.7. The van der Waals surface area contributed by atoms with Gasteiger partial charge in [0.1, 0.15) is 0 Å². The molecule has 0 fully saturated rings. The molecule has 1 aliphatic heterocycles. The van der Waals surface area contributed by atoms with Gasteiger partial charge in [-0.2, -0.15) is 0 Å². The van der Waals surface area contributed by atoms with Crippen LogP contribution in [0, 0.1) is 6.92 Å². The highest BCUT2D eigenvalue weighted by Gasteiger charge is 2.18. The van der Waals surface area contributed by atoms with Gasteiger partial charge >= 0.3 is 0 Å². The van der Waals surface area contributed by atoms with Crippen LogP contribution in [0.25, 0.3) is 0 Å². The van der Waals surface area contributed by atoms with Gasteiger partial charge in [-0.1, -0.05) is 36.4 Å². The number of nitrogens with one attached hydrogen (secondary N) is 1. The third-order valence-electron chi connectivity index (χ3n) is 4.37. The molecule has 4 heteroatoms. The summed E-state index contributed by atoms with van der Waals surface area (Å²) in [7, 11) is 0. The van der Waals surface area contributed by atoms with E-state index in [1.54, 1.807) is 18.2 Å². The summed E-state index contributed by atoms with van der Waals surface area (Å²) < 4.78 is 0. The number of β-amino-alcohol motifs (C(OH)–C–C–N with tert-alkyl or cyclic N) is 1. The van der Waals surface area contributed by atoms with Gasteiger partial charge in [0.2, 0.25) is 0 Å². The highest BCUT2D eigenvalue weighted by atomic mass is 16.3. The van der Waals surface area contributed by atoms with Crippen LogP contribution in [0.5, 0.6) is 0 Å². The summed E-state index contributed by atoms with van der Waals surface area (Å²) in [6.45, 7) is 6.41. The first-order valence-electron chi connectivity index (χ1n) is 8.29. The number of carbonyl (C=O) groups is 1. The third kappa shape index (κ3) is 4.22. The summed E-state index contributed by atoms with van der Waals surface area (Å²) in [5.41, 5.74) is 4.09. The zero-order valence-electron chi connectivity index (χ0n) is 13.7. The number of carbonyl (C=O) groups excluding carboxylic acids is 1. The Kier molecular flexibility index (Phi) is 5.28. The van der Waals surface area contributed by atoms with E-state index in [1.807, 2.05) is 6.07 Å². The number of rotatable bonds is 5. The molecule has 0 aliphatic carbocycles. The molecule has 4 nitrogen and oxygen atoms in total. The van der Waals surface area contributed by atoms with Gasteiger partial charge in [-0.3, -0.25) is 9.69 Å². The molecule has 2 aromatic rings. The zero-order valence-corrected chi connectivity index (χ0v) is 13.7. The molecule has 0 saturated carbocycles.